The van der Waals surface area contributed by atoms with Crippen LogP contribution in [0.3, 0.4) is 0 Å². The second kappa shape index (κ2) is 9.55. The summed E-state index contributed by atoms with van der Waals surface area (Å²) in [5.74, 6) is 1.35. The van der Waals surface area contributed by atoms with Crippen molar-refractivity contribution in [3.8, 4) is 0 Å². The van der Waals surface area contributed by atoms with E-state index >= 15 is 0 Å². The van der Waals surface area contributed by atoms with E-state index in [2.05, 4.69) is 19.6 Å². The predicted molar refractivity (Wildman–Crippen MR) is 91.3 cm³/mol. The lowest BCUT2D eigenvalue weighted by atomic mass is 9.84. The summed E-state index contributed by atoms with van der Waals surface area (Å²) in [6, 6.07) is 0. The summed E-state index contributed by atoms with van der Waals surface area (Å²) >= 11 is 0. The number of alkyl halides is 3. The van der Waals surface area contributed by atoms with Crippen molar-refractivity contribution in [2.45, 2.75) is 70.9 Å². The van der Waals surface area contributed by atoms with Crippen LogP contribution >= 0.6 is 0 Å². The van der Waals surface area contributed by atoms with Crippen molar-refractivity contribution in [3.05, 3.63) is 0 Å². The Morgan fingerprint density at radius 3 is 2.12 bits per heavy atom. The molecule has 7 heteroatoms. The van der Waals surface area contributed by atoms with Gasteiger partial charge in [-0.05, 0) is 70.0 Å². The van der Waals surface area contributed by atoms with Crippen LogP contribution in [0.4, 0.5) is 13.2 Å². The first-order valence-electron chi connectivity index (χ1n) is 8.88. The third-order valence-corrected chi connectivity index (χ3v) is 6.16. The monoisotopic (exact) mass is 370 g/mol. The lowest BCUT2D eigenvalue weighted by molar-refractivity contribution is -0.247. The Hall–Kier alpha value is -0.113. The van der Waals surface area contributed by atoms with Crippen LogP contribution in [0, 0.1) is 17.8 Å². The summed E-state index contributed by atoms with van der Waals surface area (Å²) in [6.07, 6.45) is -1.44. The van der Waals surface area contributed by atoms with Gasteiger partial charge in [0.25, 0.3) is 0 Å². The van der Waals surface area contributed by atoms with Gasteiger partial charge in [-0.1, -0.05) is 6.42 Å². The van der Waals surface area contributed by atoms with Gasteiger partial charge in [-0.15, -0.1) is 0 Å². The van der Waals surface area contributed by atoms with Crippen LogP contribution in [-0.4, -0.2) is 41.1 Å². The number of hydrogen-bond acceptors (Lipinski definition) is 3. The van der Waals surface area contributed by atoms with Gasteiger partial charge in [0, 0.05) is 13.7 Å². The van der Waals surface area contributed by atoms with Crippen molar-refractivity contribution < 1.29 is 27.1 Å². The molecule has 2 aliphatic rings. The Morgan fingerprint density at radius 2 is 1.75 bits per heavy atom. The lowest BCUT2D eigenvalue weighted by Gasteiger charge is -2.28. The Bertz CT molecular complexity index is 358. The molecule has 0 spiro atoms. The largest absolute Gasteiger partial charge is 0.421 e. The molecule has 0 N–H and O–H groups in total. The predicted octanol–water partition coefficient (Wildman–Crippen LogP) is 5.22. The van der Waals surface area contributed by atoms with E-state index in [0.29, 0.717) is 18.4 Å². The highest BCUT2D eigenvalue weighted by Gasteiger charge is 2.46. The van der Waals surface area contributed by atoms with E-state index in [1.165, 1.54) is 6.42 Å². The molecule has 4 atom stereocenters. The molecule has 0 aromatic rings. The molecule has 0 heterocycles. The molecule has 0 aromatic carbocycles. The molecule has 2 rings (SSSR count). The zero-order valence-electron chi connectivity index (χ0n) is 15.6. The fraction of sp³-hybridized carbons (Fsp3) is 1.00. The van der Waals surface area contributed by atoms with Crippen LogP contribution < -0.4 is 0 Å². The Labute approximate surface area is 145 Å². The summed E-state index contributed by atoms with van der Waals surface area (Å²) in [5, 5.41) is 0. The molecule has 0 aliphatic heterocycles. The fourth-order valence-corrected chi connectivity index (χ4v) is 3.45. The number of halogens is 3. The zero-order valence-corrected chi connectivity index (χ0v) is 16.6. The van der Waals surface area contributed by atoms with Gasteiger partial charge in [0.15, 0.2) is 14.4 Å². The van der Waals surface area contributed by atoms with E-state index in [0.717, 1.165) is 19.3 Å². The van der Waals surface area contributed by atoms with Crippen LogP contribution in [0.1, 0.15) is 39.0 Å². The van der Waals surface area contributed by atoms with Gasteiger partial charge in [-0.3, -0.25) is 0 Å². The maximum absolute atomic E-state index is 12.9. The maximum Gasteiger partial charge on any atom is 0.414 e. The third kappa shape index (κ3) is 7.85. The van der Waals surface area contributed by atoms with Gasteiger partial charge >= 0.3 is 6.18 Å². The molecule has 2 fully saturated rings. The topological polar surface area (TPSA) is 27.7 Å². The van der Waals surface area contributed by atoms with Gasteiger partial charge < -0.3 is 13.9 Å². The van der Waals surface area contributed by atoms with Crippen molar-refractivity contribution >= 4 is 8.32 Å². The van der Waals surface area contributed by atoms with Crippen LogP contribution in [0.25, 0.3) is 0 Å². The van der Waals surface area contributed by atoms with E-state index in [1.807, 2.05) is 0 Å². The highest BCUT2D eigenvalue weighted by atomic mass is 28.4. The normalized spacial score (nSPS) is 27.8. The van der Waals surface area contributed by atoms with Crippen LogP contribution in [0.5, 0.6) is 0 Å². The van der Waals surface area contributed by atoms with Gasteiger partial charge in [0.2, 0.25) is 0 Å². The Kier molecular flexibility index (Phi) is 8.72. The fourth-order valence-electron chi connectivity index (χ4n) is 3.45. The summed E-state index contributed by atoms with van der Waals surface area (Å²) in [4.78, 5) is 0. The standard InChI is InChI=1S/C13H21F3O2.C4H12OSi/c1-2-17-8-18-12(13(14,15)16)7-11-6-9-3-4-10(11)5-9;1-5-6(2,3)4/h9-12H,2-8H2,1H3;1-4H3. The van der Waals surface area contributed by atoms with E-state index in [4.69, 9.17) is 13.9 Å². The number of rotatable bonds is 7. The molecule has 2 aliphatic carbocycles. The summed E-state index contributed by atoms with van der Waals surface area (Å²) in [5.41, 5.74) is 0. The van der Waals surface area contributed by atoms with E-state index < -0.39 is 20.6 Å². The minimum Gasteiger partial charge on any atom is -0.421 e. The lowest BCUT2D eigenvalue weighted by Crippen LogP contribution is -2.35. The average molecular weight is 371 g/mol. The molecule has 0 aromatic heterocycles. The van der Waals surface area contributed by atoms with Gasteiger partial charge in [0.1, 0.15) is 6.79 Å². The van der Waals surface area contributed by atoms with Gasteiger partial charge in [-0.2, -0.15) is 13.2 Å². The molecular weight excluding hydrogens is 337 g/mol. The quantitative estimate of drug-likeness (QED) is 0.349. The molecule has 0 saturated heterocycles. The molecule has 3 nitrogen and oxygen atoms in total. The molecule has 24 heavy (non-hydrogen) atoms. The first-order valence-corrected chi connectivity index (χ1v) is 12.3. The van der Waals surface area contributed by atoms with E-state index in [9.17, 15) is 13.2 Å². The second-order valence-corrected chi connectivity index (χ2v) is 12.4. The maximum atomic E-state index is 12.9. The first kappa shape index (κ1) is 21.9. The number of fused-ring (bicyclic) bond motifs is 2. The van der Waals surface area contributed by atoms with Crippen molar-refractivity contribution in [1.82, 2.24) is 0 Å². The second-order valence-electron chi connectivity index (χ2n) is 7.79. The van der Waals surface area contributed by atoms with Crippen molar-refractivity contribution in [2.24, 2.45) is 17.8 Å². The van der Waals surface area contributed by atoms with Crippen molar-refractivity contribution in [3.63, 3.8) is 0 Å². The SMILES string of the molecule is CCOCOC(CC1CC2CCC1C2)C(F)(F)F.CO[Si](C)(C)C. The summed E-state index contributed by atoms with van der Waals surface area (Å²) in [6.45, 7) is 8.33. The minimum atomic E-state index is -4.28. The molecule has 2 bridgehead atoms. The van der Waals surface area contributed by atoms with E-state index in [-0.39, 0.29) is 19.1 Å². The van der Waals surface area contributed by atoms with Crippen LogP contribution in [0.15, 0.2) is 0 Å². The van der Waals surface area contributed by atoms with Gasteiger partial charge in [0.05, 0.1) is 0 Å². The summed E-state index contributed by atoms with van der Waals surface area (Å²) < 4.78 is 53.4. The molecule has 4 unspecified atom stereocenters. The highest BCUT2D eigenvalue weighted by molar-refractivity contribution is 6.69. The average Bonchev–Trinajstić information content (AvgIpc) is 3.08. The Balaban J connectivity index is 0.000000413. The smallest absolute Gasteiger partial charge is 0.414 e. The minimum absolute atomic E-state index is 0.109. The highest BCUT2D eigenvalue weighted by Crippen LogP contribution is 2.50. The molecule has 2 saturated carbocycles. The van der Waals surface area contributed by atoms with Crippen LogP contribution in [0.2, 0.25) is 19.6 Å². The first-order chi connectivity index (χ1) is 11.1. The van der Waals surface area contributed by atoms with Gasteiger partial charge in [-0.25, -0.2) is 0 Å². The number of hydrogen-bond donors (Lipinski definition) is 0. The van der Waals surface area contributed by atoms with Crippen LogP contribution in [-0.2, 0) is 13.9 Å². The molecule has 0 amide bonds. The van der Waals surface area contributed by atoms with Crippen molar-refractivity contribution in [2.75, 3.05) is 20.5 Å². The third-order valence-electron chi connectivity index (χ3n) is 4.94. The van der Waals surface area contributed by atoms with Crippen molar-refractivity contribution in [1.29, 1.82) is 0 Å². The summed E-state index contributed by atoms with van der Waals surface area (Å²) in [7, 11) is 0.639. The molecular formula is C17H33F3O3Si. The molecule has 0 radical (unpaired) electrons. The Morgan fingerprint density at radius 1 is 1.12 bits per heavy atom. The van der Waals surface area contributed by atoms with E-state index in [1.54, 1.807) is 14.0 Å². The number of ether oxygens (including phenoxy) is 2. The molecule has 144 valence electrons. The zero-order chi connectivity index (χ0) is 18.4.